The van der Waals surface area contributed by atoms with Crippen molar-refractivity contribution in [3.63, 3.8) is 0 Å². The third kappa shape index (κ3) is 3.60. The zero-order valence-corrected chi connectivity index (χ0v) is 16.5. The highest BCUT2D eigenvalue weighted by molar-refractivity contribution is 7.91. The van der Waals surface area contributed by atoms with E-state index in [0.29, 0.717) is 23.6 Å². The summed E-state index contributed by atoms with van der Waals surface area (Å²) in [7, 11) is -3.09. The number of nitrogens with zero attached hydrogens (tertiary/aromatic N) is 2. The number of carbonyl (C=O) groups excluding carboxylic acids is 1. The molecule has 28 heavy (non-hydrogen) atoms. The van der Waals surface area contributed by atoms with Gasteiger partial charge in [-0.2, -0.15) is 5.10 Å². The summed E-state index contributed by atoms with van der Waals surface area (Å²) in [6, 6.07) is 10.5. The number of furan rings is 1. The molecule has 1 N–H and O–H groups in total. The van der Waals surface area contributed by atoms with Gasteiger partial charge in [0.1, 0.15) is 5.69 Å². The Labute approximate surface area is 163 Å². The van der Waals surface area contributed by atoms with Gasteiger partial charge in [0.2, 0.25) is 0 Å². The van der Waals surface area contributed by atoms with Gasteiger partial charge in [0.25, 0.3) is 5.91 Å². The van der Waals surface area contributed by atoms with Gasteiger partial charge in [0.15, 0.2) is 21.3 Å². The number of aromatic nitrogens is 2. The first-order valence-electron chi connectivity index (χ1n) is 9.05. The maximum atomic E-state index is 12.8. The first kappa shape index (κ1) is 18.5. The lowest BCUT2D eigenvalue weighted by Gasteiger charge is -2.11. The summed E-state index contributed by atoms with van der Waals surface area (Å²) >= 11 is 0. The van der Waals surface area contributed by atoms with Crippen LogP contribution in [0.3, 0.4) is 0 Å². The average molecular weight is 399 g/mol. The number of hydrogen-bond donors (Lipinski definition) is 1. The van der Waals surface area contributed by atoms with Crippen LogP contribution < -0.4 is 5.32 Å². The number of hydrogen-bond acceptors (Lipinski definition) is 5. The monoisotopic (exact) mass is 399 g/mol. The van der Waals surface area contributed by atoms with Crippen LogP contribution in [0.2, 0.25) is 0 Å². The van der Waals surface area contributed by atoms with Crippen LogP contribution in [0, 0.1) is 13.8 Å². The minimum atomic E-state index is -3.09. The van der Waals surface area contributed by atoms with E-state index in [1.807, 2.05) is 32.0 Å². The van der Waals surface area contributed by atoms with Crippen LogP contribution in [0.1, 0.15) is 34.1 Å². The zero-order valence-electron chi connectivity index (χ0n) is 15.7. The van der Waals surface area contributed by atoms with E-state index in [1.54, 1.807) is 22.9 Å². The van der Waals surface area contributed by atoms with Gasteiger partial charge in [-0.1, -0.05) is 6.07 Å². The van der Waals surface area contributed by atoms with Crippen molar-refractivity contribution < 1.29 is 17.6 Å². The van der Waals surface area contributed by atoms with Gasteiger partial charge < -0.3 is 9.73 Å². The second-order valence-corrected chi connectivity index (χ2v) is 9.38. The lowest BCUT2D eigenvalue weighted by Crippen LogP contribution is -2.16. The normalized spacial score (nSPS) is 18.3. The van der Waals surface area contributed by atoms with Crippen molar-refractivity contribution >= 4 is 21.4 Å². The highest BCUT2D eigenvalue weighted by atomic mass is 32.2. The molecular weight excluding hydrogens is 378 g/mol. The van der Waals surface area contributed by atoms with E-state index in [1.165, 1.54) is 6.26 Å². The number of benzene rings is 1. The van der Waals surface area contributed by atoms with Gasteiger partial charge in [0, 0.05) is 11.8 Å². The SMILES string of the molecule is Cc1ccc(NC(=O)c2cc(-c3ccco3)n(C3CCS(=O)(=O)C3)n2)cc1C. The van der Waals surface area contributed by atoms with E-state index in [9.17, 15) is 13.2 Å². The smallest absolute Gasteiger partial charge is 0.276 e. The Hall–Kier alpha value is -2.87. The van der Waals surface area contributed by atoms with Crippen molar-refractivity contribution in [2.24, 2.45) is 0 Å². The predicted molar refractivity (Wildman–Crippen MR) is 106 cm³/mol. The summed E-state index contributed by atoms with van der Waals surface area (Å²) in [5.41, 5.74) is 3.72. The Morgan fingerprint density at radius 2 is 2.04 bits per heavy atom. The molecule has 3 aromatic rings. The number of sulfone groups is 1. The molecule has 1 aromatic carbocycles. The summed E-state index contributed by atoms with van der Waals surface area (Å²) in [5.74, 6) is 0.331. The van der Waals surface area contributed by atoms with Crippen LogP contribution in [-0.4, -0.2) is 35.6 Å². The summed E-state index contributed by atoms with van der Waals surface area (Å²) in [5, 5.41) is 7.29. The number of anilines is 1. The average Bonchev–Trinajstić information content (AvgIpc) is 3.36. The highest BCUT2D eigenvalue weighted by Gasteiger charge is 2.32. The van der Waals surface area contributed by atoms with Crippen LogP contribution in [0.15, 0.2) is 47.1 Å². The second kappa shape index (κ2) is 6.94. The molecule has 7 nitrogen and oxygen atoms in total. The van der Waals surface area contributed by atoms with Crippen LogP contribution in [0.4, 0.5) is 5.69 Å². The molecule has 1 amide bonds. The first-order chi connectivity index (χ1) is 13.3. The minimum Gasteiger partial charge on any atom is -0.463 e. The van der Waals surface area contributed by atoms with E-state index >= 15 is 0 Å². The molecule has 1 saturated heterocycles. The fraction of sp³-hybridized carbons (Fsp3) is 0.300. The number of amides is 1. The molecule has 1 fully saturated rings. The molecule has 0 spiro atoms. The van der Waals surface area contributed by atoms with Crippen molar-refractivity contribution in [3.05, 3.63) is 59.5 Å². The Balaban J connectivity index is 1.67. The molecule has 2 aromatic heterocycles. The van der Waals surface area contributed by atoms with Crippen molar-refractivity contribution in [1.29, 1.82) is 0 Å². The maximum absolute atomic E-state index is 12.8. The van der Waals surface area contributed by atoms with Crippen LogP contribution in [0.5, 0.6) is 0 Å². The number of aryl methyl sites for hydroxylation is 2. The van der Waals surface area contributed by atoms with Gasteiger partial charge in [-0.05, 0) is 55.7 Å². The van der Waals surface area contributed by atoms with Crippen LogP contribution >= 0.6 is 0 Å². The Morgan fingerprint density at radius 1 is 1.21 bits per heavy atom. The van der Waals surface area contributed by atoms with E-state index in [2.05, 4.69) is 10.4 Å². The molecule has 3 heterocycles. The van der Waals surface area contributed by atoms with Crippen molar-refractivity contribution in [2.75, 3.05) is 16.8 Å². The minimum absolute atomic E-state index is 0.0145. The van der Waals surface area contributed by atoms with Crippen LogP contribution in [-0.2, 0) is 9.84 Å². The fourth-order valence-corrected chi connectivity index (χ4v) is 5.07. The van der Waals surface area contributed by atoms with Gasteiger partial charge in [-0.3, -0.25) is 9.48 Å². The predicted octanol–water partition coefficient (Wildman–Crippen LogP) is 3.37. The van der Waals surface area contributed by atoms with E-state index in [4.69, 9.17) is 4.42 Å². The van der Waals surface area contributed by atoms with Gasteiger partial charge in [0.05, 0.1) is 23.8 Å². The van der Waals surface area contributed by atoms with E-state index in [-0.39, 0.29) is 29.1 Å². The molecule has 0 saturated carbocycles. The molecule has 1 unspecified atom stereocenters. The molecule has 1 aliphatic heterocycles. The molecule has 0 aliphatic carbocycles. The van der Waals surface area contributed by atoms with Gasteiger partial charge in [-0.25, -0.2) is 8.42 Å². The second-order valence-electron chi connectivity index (χ2n) is 7.15. The maximum Gasteiger partial charge on any atom is 0.276 e. The molecule has 1 atom stereocenters. The summed E-state index contributed by atoms with van der Waals surface area (Å²) in [6.07, 6.45) is 2.00. The molecule has 8 heteroatoms. The van der Waals surface area contributed by atoms with Crippen molar-refractivity contribution in [2.45, 2.75) is 26.3 Å². The molecule has 0 bridgehead atoms. The first-order valence-corrected chi connectivity index (χ1v) is 10.9. The largest absolute Gasteiger partial charge is 0.463 e. The molecule has 4 rings (SSSR count). The molecule has 146 valence electrons. The lowest BCUT2D eigenvalue weighted by atomic mass is 10.1. The standard InChI is InChI=1S/C20H21N3O4S/c1-13-5-6-15(10-14(13)2)21-20(24)17-11-18(19-4-3-8-27-19)23(22-17)16-7-9-28(25,26)12-16/h3-6,8,10-11,16H,7,9,12H2,1-2H3,(H,21,24). The van der Waals surface area contributed by atoms with Crippen molar-refractivity contribution in [3.8, 4) is 11.5 Å². The molecular formula is C20H21N3O4S. The Morgan fingerprint density at radius 3 is 2.68 bits per heavy atom. The topological polar surface area (TPSA) is 94.2 Å². The van der Waals surface area contributed by atoms with Gasteiger partial charge in [-0.15, -0.1) is 0 Å². The fourth-order valence-electron chi connectivity index (χ4n) is 3.37. The summed E-state index contributed by atoms with van der Waals surface area (Å²) in [4.78, 5) is 12.8. The number of carbonyl (C=O) groups is 1. The zero-order chi connectivity index (χ0) is 19.9. The van der Waals surface area contributed by atoms with Gasteiger partial charge >= 0.3 is 0 Å². The summed E-state index contributed by atoms with van der Waals surface area (Å²) in [6.45, 7) is 3.99. The quantitative estimate of drug-likeness (QED) is 0.726. The Bertz CT molecular complexity index is 1130. The highest BCUT2D eigenvalue weighted by Crippen LogP contribution is 2.30. The van der Waals surface area contributed by atoms with Crippen LogP contribution in [0.25, 0.3) is 11.5 Å². The number of rotatable bonds is 4. The number of nitrogens with one attached hydrogen (secondary N) is 1. The lowest BCUT2D eigenvalue weighted by molar-refractivity contribution is 0.102. The molecule has 0 radical (unpaired) electrons. The van der Waals surface area contributed by atoms with Crippen molar-refractivity contribution in [1.82, 2.24) is 9.78 Å². The summed E-state index contributed by atoms with van der Waals surface area (Å²) < 4.78 is 30.9. The third-order valence-corrected chi connectivity index (χ3v) is 6.81. The molecule has 1 aliphatic rings. The third-order valence-electron chi connectivity index (χ3n) is 5.06. The Kier molecular flexibility index (Phi) is 4.58. The van der Waals surface area contributed by atoms with E-state index < -0.39 is 9.84 Å². The van der Waals surface area contributed by atoms with E-state index in [0.717, 1.165) is 11.1 Å².